The van der Waals surface area contributed by atoms with E-state index in [2.05, 4.69) is 15.5 Å². The Morgan fingerprint density at radius 1 is 1.20 bits per heavy atom. The molecule has 2 fully saturated rings. The van der Waals surface area contributed by atoms with Crippen molar-refractivity contribution in [3.8, 4) is 0 Å². The maximum Gasteiger partial charge on any atom is 0.445 e. The van der Waals surface area contributed by atoms with E-state index in [1.807, 2.05) is 4.90 Å². The third kappa shape index (κ3) is 2.90. The Morgan fingerprint density at radius 2 is 2.05 bits per heavy atom. The molecule has 0 aliphatic carbocycles. The van der Waals surface area contributed by atoms with Crippen LogP contribution in [0.2, 0.25) is 0 Å². The number of nitrogens with one attached hydrogen (secondary N) is 1. The lowest BCUT2D eigenvalue weighted by Crippen LogP contribution is -2.43. The summed E-state index contributed by atoms with van der Waals surface area (Å²) in [5.74, 6) is 0.504. The first kappa shape index (κ1) is 14.1. The van der Waals surface area contributed by atoms with Crippen molar-refractivity contribution >= 4 is 16.5 Å². The molecule has 4 nitrogen and oxygen atoms in total. The van der Waals surface area contributed by atoms with Gasteiger partial charge in [0.15, 0.2) is 0 Å². The molecule has 2 aliphatic rings. The number of hydrogen-bond acceptors (Lipinski definition) is 5. The molecule has 2 aliphatic heterocycles. The number of nitrogens with zero attached hydrogens (tertiary/aromatic N) is 3. The van der Waals surface area contributed by atoms with Crippen LogP contribution in [-0.4, -0.2) is 35.9 Å². The lowest BCUT2D eigenvalue weighted by molar-refractivity contribution is -0.138. The smallest absolute Gasteiger partial charge is 0.346 e. The van der Waals surface area contributed by atoms with Crippen LogP contribution in [0, 0.1) is 5.92 Å². The van der Waals surface area contributed by atoms with Gasteiger partial charge in [-0.25, -0.2) is 0 Å². The Hall–Kier alpha value is -0.890. The van der Waals surface area contributed by atoms with Crippen molar-refractivity contribution in [1.29, 1.82) is 0 Å². The maximum atomic E-state index is 12.6. The van der Waals surface area contributed by atoms with E-state index in [1.54, 1.807) is 0 Å². The van der Waals surface area contributed by atoms with Crippen LogP contribution in [0.25, 0.3) is 0 Å². The van der Waals surface area contributed by atoms with Crippen LogP contribution < -0.4 is 10.2 Å². The number of halogens is 3. The summed E-state index contributed by atoms with van der Waals surface area (Å²) in [6, 6.07) is 0.507. The van der Waals surface area contributed by atoms with Gasteiger partial charge >= 0.3 is 6.18 Å². The second-order valence-corrected chi connectivity index (χ2v) is 6.39. The molecular weight excluding hydrogens is 289 g/mol. The van der Waals surface area contributed by atoms with Crippen molar-refractivity contribution in [2.45, 2.75) is 37.9 Å². The summed E-state index contributed by atoms with van der Waals surface area (Å²) in [7, 11) is 0. The van der Waals surface area contributed by atoms with Gasteiger partial charge in [0.05, 0.1) is 0 Å². The molecule has 0 spiro atoms. The van der Waals surface area contributed by atoms with E-state index in [9.17, 15) is 13.2 Å². The number of rotatable bonds is 2. The zero-order valence-electron chi connectivity index (χ0n) is 11.0. The van der Waals surface area contributed by atoms with Crippen LogP contribution in [0.3, 0.4) is 0 Å². The predicted octanol–water partition coefficient (Wildman–Crippen LogP) is 2.53. The maximum absolute atomic E-state index is 12.6. The minimum atomic E-state index is -4.39. The zero-order valence-corrected chi connectivity index (χ0v) is 11.8. The van der Waals surface area contributed by atoms with E-state index in [0.29, 0.717) is 28.4 Å². The Morgan fingerprint density at radius 3 is 2.70 bits per heavy atom. The number of piperidine rings is 1. The third-order valence-corrected chi connectivity index (χ3v) is 5.08. The van der Waals surface area contributed by atoms with Crippen molar-refractivity contribution < 1.29 is 13.2 Å². The van der Waals surface area contributed by atoms with Gasteiger partial charge in [-0.1, -0.05) is 11.3 Å². The molecule has 3 heterocycles. The molecule has 3 rings (SSSR count). The average Bonchev–Trinajstić information content (AvgIpc) is 3.10. The van der Waals surface area contributed by atoms with Gasteiger partial charge in [-0.3, -0.25) is 0 Å². The first-order valence-corrected chi connectivity index (χ1v) is 7.75. The predicted molar refractivity (Wildman–Crippen MR) is 70.9 cm³/mol. The number of alkyl halides is 3. The summed E-state index contributed by atoms with van der Waals surface area (Å²) >= 11 is 0.649. The van der Waals surface area contributed by atoms with E-state index >= 15 is 0 Å². The molecule has 20 heavy (non-hydrogen) atoms. The quantitative estimate of drug-likeness (QED) is 0.911. The molecule has 2 saturated heterocycles. The van der Waals surface area contributed by atoms with Crippen LogP contribution in [0.15, 0.2) is 0 Å². The molecule has 1 aromatic heterocycles. The molecule has 0 radical (unpaired) electrons. The van der Waals surface area contributed by atoms with Crippen molar-refractivity contribution in [2.75, 3.05) is 24.5 Å². The van der Waals surface area contributed by atoms with E-state index in [1.165, 1.54) is 12.8 Å². The Labute approximate surface area is 119 Å². The molecule has 0 saturated carbocycles. The normalized spacial score (nSPS) is 28.1. The summed E-state index contributed by atoms with van der Waals surface area (Å²) < 4.78 is 37.7. The fourth-order valence-electron chi connectivity index (χ4n) is 3.08. The highest BCUT2D eigenvalue weighted by Gasteiger charge is 2.37. The SMILES string of the molecule is FC(F)(F)c1nnc(N2CCCC(C3CCCN3)C2)s1. The number of hydrogen-bond donors (Lipinski definition) is 1. The molecule has 0 amide bonds. The van der Waals surface area contributed by atoms with Crippen molar-refractivity contribution in [1.82, 2.24) is 15.5 Å². The van der Waals surface area contributed by atoms with Crippen molar-refractivity contribution in [3.05, 3.63) is 5.01 Å². The van der Waals surface area contributed by atoms with Gasteiger partial charge in [-0.05, 0) is 38.1 Å². The topological polar surface area (TPSA) is 41.1 Å². The van der Waals surface area contributed by atoms with Crippen molar-refractivity contribution in [2.24, 2.45) is 5.92 Å². The summed E-state index contributed by atoms with van der Waals surface area (Å²) in [5, 5.41) is 10.0. The van der Waals surface area contributed by atoms with Gasteiger partial charge in [-0.2, -0.15) is 13.2 Å². The number of aromatic nitrogens is 2. The van der Waals surface area contributed by atoms with Gasteiger partial charge in [0.25, 0.3) is 0 Å². The van der Waals surface area contributed by atoms with Crippen LogP contribution in [0.1, 0.15) is 30.7 Å². The van der Waals surface area contributed by atoms with E-state index in [0.717, 1.165) is 32.5 Å². The Bertz CT molecular complexity index is 456. The van der Waals surface area contributed by atoms with Gasteiger partial charge in [0.1, 0.15) is 0 Å². The highest BCUT2D eigenvalue weighted by molar-refractivity contribution is 7.15. The lowest BCUT2D eigenvalue weighted by Gasteiger charge is -2.35. The second-order valence-electron chi connectivity index (χ2n) is 5.44. The number of anilines is 1. The van der Waals surface area contributed by atoms with Crippen molar-refractivity contribution in [3.63, 3.8) is 0 Å². The van der Waals surface area contributed by atoms with Gasteiger partial charge in [0.2, 0.25) is 10.1 Å². The molecule has 2 atom stereocenters. The first-order valence-electron chi connectivity index (χ1n) is 6.93. The highest BCUT2D eigenvalue weighted by atomic mass is 32.1. The molecule has 1 N–H and O–H groups in total. The van der Waals surface area contributed by atoms with Gasteiger partial charge < -0.3 is 10.2 Å². The van der Waals surface area contributed by atoms with E-state index in [-0.39, 0.29) is 0 Å². The third-order valence-electron chi connectivity index (χ3n) is 4.05. The summed E-state index contributed by atoms with van der Waals surface area (Å²) in [6.45, 7) is 2.61. The zero-order chi connectivity index (χ0) is 14.2. The molecular formula is C12H17F3N4S. The average molecular weight is 306 g/mol. The largest absolute Gasteiger partial charge is 0.445 e. The van der Waals surface area contributed by atoms with Gasteiger partial charge in [-0.15, -0.1) is 10.2 Å². The molecule has 1 aromatic rings. The van der Waals surface area contributed by atoms with E-state index < -0.39 is 11.2 Å². The molecule has 8 heteroatoms. The summed E-state index contributed by atoms with van der Waals surface area (Å²) in [4.78, 5) is 1.96. The Kier molecular flexibility index (Phi) is 3.85. The fourth-order valence-corrected chi connectivity index (χ4v) is 3.83. The first-order chi connectivity index (χ1) is 9.54. The fraction of sp³-hybridized carbons (Fsp3) is 0.833. The Balaban J connectivity index is 1.68. The standard InChI is InChI=1S/C12H17F3N4S/c13-12(14,15)10-17-18-11(20-10)19-6-2-3-8(7-19)9-4-1-5-16-9/h8-9,16H,1-7H2. The minimum absolute atomic E-state index is 0.403. The molecule has 112 valence electrons. The van der Waals surface area contributed by atoms with Crippen LogP contribution in [0.4, 0.5) is 18.3 Å². The van der Waals surface area contributed by atoms with Crippen LogP contribution in [-0.2, 0) is 6.18 Å². The molecule has 0 aromatic carbocycles. The van der Waals surface area contributed by atoms with Gasteiger partial charge in [0, 0.05) is 19.1 Å². The van der Waals surface area contributed by atoms with E-state index in [4.69, 9.17) is 0 Å². The minimum Gasteiger partial charge on any atom is -0.346 e. The molecule has 2 unspecified atom stereocenters. The lowest BCUT2D eigenvalue weighted by atomic mass is 9.90. The monoisotopic (exact) mass is 306 g/mol. The van der Waals surface area contributed by atoms with Crippen LogP contribution in [0.5, 0.6) is 0 Å². The molecule has 0 bridgehead atoms. The summed E-state index contributed by atoms with van der Waals surface area (Å²) in [5.41, 5.74) is 0. The highest BCUT2D eigenvalue weighted by Crippen LogP contribution is 2.36. The second kappa shape index (κ2) is 5.48. The summed E-state index contributed by atoms with van der Waals surface area (Å²) in [6.07, 6.45) is 0.113. The van der Waals surface area contributed by atoms with Crippen LogP contribution >= 0.6 is 11.3 Å².